The summed E-state index contributed by atoms with van der Waals surface area (Å²) in [5.41, 5.74) is 0.234. The molecule has 0 saturated carbocycles. The van der Waals surface area contributed by atoms with Crippen LogP contribution >= 0.6 is 11.8 Å². The van der Waals surface area contributed by atoms with Crippen LogP contribution < -0.4 is 5.32 Å². The van der Waals surface area contributed by atoms with Crippen LogP contribution in [-0.2, 0) is 0 Å². The summed E-state index contributed by atoms with van der Waals surface area (Å²) in [5.74, 6) is 1.92. The Morgan fingerprint density at radius 2 is 1.81 bits per heavy atom. The van der Waals surface area contributed by atoms with Crippen molar-refractivity contribution in [1.82, 2.24) is 10.2 Å². The Morgan fingerprint density at radius 3 is 2.25 bits per heavy atom. The summed E-state index contributed by atoms with van der Waals surface area (Å²) in [6, 6.07) is 0.673. The first-order valence-corrected chi connectivity index (χ1v) is 7.60. The summed E-state index contributed by atoms with van der Waals surface area (Å²) >= 11 is 1.93. The number of hydrogen-bond acceptors (Lipinski definition) is 3. The Labute approximate surface area is 107 Å². The summed E-state index contributed by atoms with van der Waals surface area (Å²) in [5, 5.41) is 3.57. The van der Waals surface area contributed by atoms with Gasteiger partial charge in [-0.2, -0.15) is 11.8 Å². The molecule has 0 rings (SSSR count). The first-order valence-electron chi connectivity index (χ1n) is 6.20. The Hall–Kier alpha value is 0.270. The molecule has 98 valence electrons. The van der Waals surface area contributed by atoms with E-state index in [-0.39, 0.29) is 5.54 Å². The molecule has 0 heterocycles. The van der Waals surface area contributed by atoms with Crippen molar-refractivity contribution in [3.8, 4) is 0 Å². The lowest BCUT2D eigenvalue weighted by atomic mass is 10.1. The summed E-state index contributed by atoms with van der Waals surface area (Å²) in [4.78, 5) is 2.46. The molecule has 1 N–H and O–H groups in total. The molecule has 0 aliphatic rings. The molecule has 2 unspecified atom stereocenters. The third-order valence-electron chi connectivity index (χ3n) is 2.74. The van der Waals surface area contributed by atoms with Crippen LogP contribution in [0, 0.1) is 5.92 Å². The fourth-order valence-corrected chi connectivity index (χ4v) is 2.32. The van der Waals surface area contributed by atoms with E-state index in [1.165, 1.54) is 12.3 Å². The van der Waals surface area contributed by atoms with Gasteiger partial charge in [-0.15, -0.1) is 0 Å². The molecule has 0 aromatic rings. The van der Waals surface area contributed by atoms with E-state index in [2.05, 4.69) is 58.1 Å². The van der Waals surface area contributed by atoms with Crippen LogP contribution in [0.2, 0.25) is 0 Å². The van der Waals surface area contributed by atoms with Crippen molar-refractivity contribution in [2.75, 3.05) is 32.1 Å². The first kappa shape index (κ1) is 16.3. The van der Waals surface area contributed by atoms with Crippen molar-refractivity contribution >= 4 is 11.8 Å². The van der Waals surface area contributed by atoms with E-state index in [1.54, 1.807) is 0 Å². The van der Waals surface area contributed by atoms with Crippen LogP contribution in [0.4, 0.5) is 0 Å². The van der Waals surface area contributed by atoms with Gasteiger partial charge in [-0.25, -0.2) is 0 Å². The molecule has 0 bridgehead atoms. The molecule has 0 amide bonds. The van der Waals surface area contributed by atoms with E-state index in [1.807, 2.05) is 11.8 Å². The van der Waals surface area contributed by atoms with Gasteiger partial charge in [-0.3, -0.25) is 0 Å². The monoisotopic (exact) mass is 246 g/mol. The zero-order valence-electron chi connectivity index (χ0n) is 12.1. The van der Waals surface area contributed by atoms with Gasteiger partial charge in [-0.1, -0.05) is 6.92 Å². The van der Waals surface area contributed by atoms with Crippen molar-refractivity contribution in [1.29, 1.82) is 0 Å². The second kappa shape index (κ2) is 7.57. The van der Waals surface area contributed by atoms with Gasteiger partial charge in [-0.05, 0) is 53.5 Å². The van der Waals surface area contributed by atoms with Crippen molar-refractivity contribution in [2.45, 2.75) is 46.2 Å². The molecule has 0 spiro atoms. The third kappa shape index (κ3) is 8.43. The lowest BCUT2D eigenvalue weighted by molar-refractivity contribution is 0.230. The quantitative estimate of drug-likeness (QED) is 0.743. The van der Waals surface area contributed by atoms with Gasteiger partial charge in [0.15, 0.2) is 0 Å². The summed E-state index contributed by atoms with van der Waals surface area (Å²) < 4.78 is 0. The minimum atomic E-state index is 0.234. The molecule has 2 nitrogen and oxygen atoms in total. The van der Waals surface area contributed by atoms with Crippen LogP contribution in [0.15, 0.2) is 0 Å². The molecule has 0 fully saturated rings. The smallest absolute Gasteiger partial charge is 0.0155 e. The van der Waals surface area contributed by atoms with Gasteiger partial charge in [0.05, 0.1) is 0 Å². The zero-order chi connectivity index (χ0) is 12.8. The molecule has 0 aromatic heterocycles. The van der Waals surface area contributed by atoms with E-state index in [0.717, 1.165) is 6.54 Å². The third-order valence-corrected chi connectivity index (χ3v) is 3.56. The average Bonchev–Trinajstić information content (AvgIpc) is 2.14. The van der Waals surface area contributed by atoms with Crippen molar-refractivity contribution < 1.29 is 0 Å². The summed E-state index contributed by atoms with van der Waals surface area (Å²) in [7, 11) is 2.23. The molecule has 2 atom stereocenters. The Balaban J connectivity index is 3.82. The van der Waals surface area contributed by atoms with E-state index in [0.29, 0.717) is 12.0 Å². The average molecular weight is 246 g/mol. The highest BCUT2D eigenvalue weighted by Crippen LogP contribution is 2.07. The van der Waals surface area contributed by atoms with E-state index in [4.69, 9.17) is 0 Å². The second-order valence-corrected chi connectivity index (χ2v) is 6.89. The maximum atomic E-state index is 3.57. The van der Waals surface area contributed by atoms with E-state index in [9.17, 15) is 0 Å². The van der Waals surface area contributed by atoms with E-state index < -0.39 is 0 Å². The SMILES string of the molecule is CSCC(C)N(C)CC(C)CNC(C)(C)C. The van der Waals surface area contributed by atoms with Crippen LogP contribution in [0.25, 0.3) is 0 Å². The van der Waals surface area contributed by atoms with Crippen molar-refractivity contribution in [3.63, 3.8) is 0 Å². The molecule has 0 aromatic carbocycles. The first-order chi connectivity index (χ1) is 7.26. The molecule has 0 radical (unpaired) electrons. The molecule has 0 saturated heterocycles. The lowest BCUT2D eigenvalue weighted by Crippen LogP contribution is -2.42. The standard InChI is InChI=1S/C13H30N2S/c1-11(8-14-13(3,4)5)9-15(6)12(2)10-16-7/h11-12,14H,8-10H2,1-7H3. The Bertz CT molecular complexity index is 177. The van der Waals surface area contributed by atoms with Gasteiger partial charge in [0.2, 0.25) is 0 Å². The maximum absolute atomic E-state index is 3.57. The number of nitrogens with one attached hydrogen (secondary N) is 1. The zero-order valence-corrected chi connectivity index (χ0v) is 12.9. The molecule has 0 aliphatic heterocycles. The van der Waals surface area contributed by atoms with Crippen LogP contribution in [0.5, 0.6) is 0 Å². The van der Waals surface area contributed by atoms with Gasteiger partial charge in [0.25, 0.3) is 0 Å². The number of nitrogens with zero attached hydrogens (tertiary/aromatic N) is 1. The van der Waals surface area contributed by atoms with Crippen LogP contribution in [-0.4, -0.2) is 48.6 Å². The molecule has 0 aliphatic carbocycles. The van der Waals surface area contributed by atoms with Crippen molar-refractivity contribution in [2.24, 2.45) is 5.92 Å². The Kier molecular flexibility index (Phi) is 7.70. The molecule has 16 heavy (non-hydrogen) atoms. The normalized spacial score (nSPS) is 16.5. The van der Waals surface area contributed by atoms with Gasteiger partial charge in [0, 0.05) is 23.9 Å². The van der Waals surface area contributed by atoms with Crippen LogP contribution in [0.1, 0.15) is 34.6 Å². The Morgan fingerprint density at radius 1 is 1.25 bits per heavy atom. The predicted octanol–water partition coefficient (Wildman–Crippen LogP) is 2.69. The maximum Gasteiger partial charge on any atom is 0.0155 e. The highest BCUT2D eigenvalue weighted by molar-refractivity contribution is 7.98. The van der Waals surface area contributed by atoms with Crippen LogP contribution in [0.3, 0.4) is 0 Å². The highest BCUT2D eigenvalue weighted by atomic mass is 32.2. The number of thioether (sulfide) groups is 1. The predicted molar refractivity (Wildman–Crippen MR) is 77.4 cm³/mol. The lowest BCUT2D eigenvalue weighted by Gasteiger charge is -2.29. The number of rotatable bonds is 7. The van der Waals surface area contributed by atoms with Crippen molar-refractivity contribution in [3.05, 3.63) is 0 Å². The second-order valence-electron chi connectivity index (χ2n) is 5.98. The topological polar surface area (TPSA) is 15.3 Å². The summed E-state index contributed by atoms with van der Waals surface area (Å²) in [6.07, 6.45) is 2.18. The fourth-order valence-electron chi connectivity index (χ4n) is 1.58. The minimum Gasteiger partial charge on any atom is -0.312 e. The molecular formula is C13H30N2S. The fraction of sp³-hybridized carbons (Fsp3) is 1.00. The molecular weight excluding hydrogens is 216 g/mol. The highest BCUT2D eigenvalue weighted by Gasteiger charge is 2.14. The number of hydrogen-bond donors (Lipinski definition) is 1. The minimum absolute atomic E-state index is 0.234. The van der Waals surface area contributed by atoms with Gasteiger partial charge in [0.1, 0.15) is 0 Å². The van der Waals surface area contributed by atoms with E-state index >= 15 is 0 Å². The summed E-state index contributed by atoms with van der Waals surface area (Å²) in [6.45, 7) is 13.6. The molecule has 3 heteroatoms. The largest absolute Gasteiger partial charge is 0.312 e. The van der Waals surface area contributed by atoms with Gasteiger partial charge >= 0.3 is 0 Å². The van der Waals surface area contributed by atoms with Gasteiger partial charge < -0.3 is 10.2 Å².